The summed E-state index contributed by atoms with van der Waals surface area (Å²) < 4.78 is 25.4. The van der Waals surface area contributed by atoms with Crippen molar-refractivity contribution >= 4 is 38.9 Å². The van der Waals surface area contributed by atoms with Crippen molar-refractivity contribution in [3.63, 3.8) is 0 Å². The number of carbonyl (C=O) groups is 1. The van der Waals surface area contributed by atoms with Crippen LogP contribution in [0.1, 0.15) is 24.0 Å². The van der Waals surface area contributed by atoms with E-state index in [1.54, 1.807) is 24.3 Å². The number of nitrogens with zero attached hydrogens (tertiary/aromatic N) is 1. The van der Waals surface area contributed by atoms with Crippen LogP contribution in [0.3, 0.4) is 0 Å². The molecule has 1 N–H and O–H groups in total. The molecular weight excluding hydrogens is 372 g/mol. The van der Waals surface area contributed by atoms with Crippen LogP contribution in [0, 0.1) is 13.8 Å². The summed E-state index contributed by atoms with van der Waals surface area (Å²) in [5, 5.41) is 3.45. The van der Waals surface area contributed by atoms with Gasteiger partial charge in [0, 0.05) is 23.7 Å². The van der Waals surface area contributed by atoms with Gasteiger partial charge in [0.2, 0.25) is 15.9 Å². The minimum Gasteiger partial charge on any atom is -0.326 e. The molecule has 2 aromatic rings. The molecule has 0 saturated carbocycles. The Hall–Kier alpha value is -2.05. The molecule has 0 radical (unpaired) electrons. The summed E-state index contributed by atoms with van der Waals surface area (Å²) in [4.78, 5) is 12.2. The number of nitrogens with one attached hydrogen (secondary N) is 1. The lowest BCUT2D eigenvalue weighted by Gasteiger charge is -2.22. The van der Waals surface area contributed by atoms with Gasteiger partial charge in [0.05, 0.1) is 11.9 Å². The molecule has 2 aromatic carbocycles. The quantitative estimate of drug-likeness (QED) is 0.767. The van der Waals surface area contributed by atoms with E-state index in [0.29, 0.717) is 17.1 Å². The lowest BCUT2D eigenvalue weighted by Crippen LogP contribution is -2.31. The van der Waals surface area contributed by atoms with Crippen molar-refractivity contribution in [2.75, 3.05) is 22.4 Å². The molecule has 0 heterocycles. The Labute approximate surface area is 160 Å². The van der Waals surface area contributed by atoms with Crippen molar-refractivity contribution < 1.29 is 13.2 Å². The summed E-state index contributed by atoms with van der Waals surface area (Å²) in [6.07, 6.45) is 1.79. The first-order valence-corrected chi connectivity index (χ1v) is 10.5. The Balaban J connectivity index is 1.99. The van der Waals surface area contributed by atoms with Crippen LogP contribution >= 0.6 is 11.6 Å². The number of halogens is 1. The van der Waals surface area contributed by atoms with Gasteiger partial charge in [-0.3, -0.25) is 9.10 Å². The van der Waals surface area contributed by atoms with E-state index < -0.39 is 10.0 Å². The van der Waals surface area contributed by atoms with Crippen LogP contribution in [0.25, 0.3) is 0 Å². The Kier molecular flexibility index (Phi) is 6.67. The Morgan fingerprint density at radius 3 is 2.19 bits per heavy atom. The molecule has 26 heavy (non-hydrogen) atoms. The van der Waals surface area contributed by atoms with Crippen molar-refractivity contribution in [1.82, 2.24) is 0 Å². The number of para-hydroxylation sites is 1. The molecule has 0 aromatic heterocycles. The molecule has 5 nitrogen and oxygen atoms in total. The molecule has 7 heteroatoms. The minimum atomic E-state index is -3.44. The van der Waals surface area contributed by atoms with Crippen molar-refractivity contribution in [3.05, 3.63) is 58.6 Å². The number of carbonyl (C=O) groups excluding carboxylic acids is 1. The molecule has 140 valence electrons. The van der Waals surface area contributed by atoms with Crippen molar-refractivity contribution in [2.24, 2.45) is 0 Å². The van der Waals surface area contributed by atoms with E-state index in [1.165, 1.54) is 4.31 Å². The number of aryl methyl sites for hydroxylation is 2. The monoisotopic (exact) mass is 394 g/mol. The number of hydrogen-bond donors (Lipinski definition) is 1. The highest BCUT2D eigenvalue weighted by atomic mass is 35.5. The summed E-state index contributed by atoms with van der Waals surface area (Å²) >= 11 is 5.86. The topological polar surface area (TPSA) is 66.5 Å². The van der Waals surface area contributed by atoms with Crippen LogP contribution in [0.5, 0.6) is 0 Å². The van der Waals surface area contributed by atoms with Crippen molar-refractivity contribution in [3.8, 4) is 0 Å². The number of amides is 1. The van der Waals surface area contributed by atoms with Crippen molar-refractivity contribution in [2.45, 2.75) is 26.7 Å². The maximum Gasteiger partial charge on any atom is 0.232 e. The van der Waals surface area contributed by atoms with E-state index in [1.807, 2.05) is 32.0 Å². The molecular formula is C19H23ClN2O3S. The number of benzene rings is 2. The number of hydrogen-bond acceptors (Lipinski definition) is 3. The number of rotatable bonds is 7. The molecule has 0 bridgehead atoms. The fourth-order valence-corrected chi connectivity index (χ4v) is 3.78. The van der Waals surface area contributed by atoms with E-state index in [4.69, 9.17) is 11.6 Å². The third kappa shape index (κ3) is 5.47. The van der Waals surface area contributed by atoms with E-state index in [-0.39, 0.29) is 18.9 Å². The van der Waals surface area contributed by atoms with Gasteiger partial charge in [-0.2, -0.15) is 0 Å². The van der Waals surface area contributed by atoms with Gasteiger partial charge in [0.15, 0.2) is 0 Å². The Morgan fingerprint density at radius 1 is 1.08 bits per heavy atom. The molecule has 0 saturated heterocycles. The fraction of sp³-hybridized carbons (Fsp3) is 0.316. The first-order chi connectivity index (χ1) is 12.2. The van der Waals surface area contributed by atoms with Crippen LogP contribution < -0.4 is 9.62 Å². The van der Waals surface area contributed by atoms with Crippen LogP contribution in [-0.4, -0.2) is 27.1 Å². The van der Waals surface area contributed by atoms with E-state index in [0.717, 1.165) is 23.1 Å². The van der Waals surface area contributed by atoms with Crippen molar-refractivity contribution in [1.29, 1.82) is 0 Å². The zero-order valence-corrected chi connectivity index (χ0v) is 16.7. The predicted octanol–water partition coefficient (Wildman–Crippen LogP) is 4.14. The normalized spacial score (nSPS) is 11.2. The maximum absolute atomic E-state index is 12.2. The molecule has 0 aliphatic heterocycles. The zero-order valence-electron chi connectivity index (χ0n) is 15.1. The molecule has 1 amide bonds. The first-order valence-electron chi connectivity index (χ1n) is 8.28. The second-order valence-corrected chi connectivity index (χ2v) is 8.57. The van der Waals surface area contributed by atoms with Gasteiger partial charge in [0.25, 0.3) is 0 Å². The van der Waals surface area contributed by atoms with Crippen LogP contribution in [-0.2, 0) is 14.8 Å². The summed E-state index contributed by atoms with van der Waals surface area (Å²) in [6, 6.07) is 12.4. The Morgan fingerprint density at radius 2 is 1.65 bits per heavy atom. The summed E-state index contributed by atoms with van der Waals surface area (Å²) in [5.74, 6) is -0.132. The second kappa shape index (κ2) is 8.56. The van der Waals surface area contributed by atoms with Crippen LogP contribution in [0.2, 0.25) is 5.02 Å². The molecule has 0 fully saturated rings. The highest BCUT2D eigenvalue weighted by Gasteiger charge is 2.17. The van der Waals surface area contributed by atoms with Gasteiger partial charge in [-0.15, -0.1) is 0 Å². The molecule has 0 aliphatic rings. The van der Waals surface area contributed by atoms with E-state index >= 15 is 0 Å². The third-order valence-electron chi connectivity index (χ3n) is 4.03. The van der Waals surface area contributed by atoms with Crippen LogP contribution in [0.4, 0.5) is 11.4 Å². The molecule has 0 unspecified atom stereocenters. The summed E-state index contributed by atoms with van der Waals surface area (Å²) in [5.41, 5.74) is 3.34. The predicted molar refractivity (Wildman–Crippen MR) is 107 cm³/mol. The molecule has 0 spiro atoms. The van der Waals surface area contributed by atoms with Crippen LogP contribution in [0.15, 0.2) is 42.5 Å². The molecule has 2 rings (SSSR count). The summed E-state index contributed by atoms with van der Waals surface area (Å²) in [7, 11) is -3.44. The standard InChI is InChI=1S/C19H23ClN2O3S/c1-14-6-4-7-15(2)19(14)21-18(23)8-5-13-22(26(3,24)25)17-11-9-16(20)10-12-17/h4,6-7,9-12H,5,8,13H2,1-3H3,(H,21,23). The van der Waals surface area contributed by atoms with E-state index in [2.05, 4.69) is 5.32 Å². The highest BCUT2D eigenvalue weighted by molar-refractivity contribution is 7.92. The lowest BCUT2D eigenvalue weighted by molar-refractivity contribution is -0.116. The molecule has 0 atom stereocenters. The lowest BCUT2D eigenvalue weighted by atomic mass is 10.1. The second-order valence-electron chi connectivity index (χ2n) is 6.23. The highest BCUT2D eigenvalue weighted by Crippen LogP contribution is 2.22. The third-order valence-corrected chi connectivity index (χ3v) is 5.47. The van der Waals surface area contributed by atoms with Gasteiger partial charge >= 0.3 is 0 Å². The maximum atomic E-state index is 12.2. The first kappa shape index (κ1) is 20.3. The van der Waals surface area contributed by atoms with Gasteiger partial charge in [-0.1, -0.05) is 29.8 Å². The zero-order chi connectivity index (χ0) is 19.3. The molecule has 0 aliphatic carbocycles. The SMILES string of the molecule is Cc1cccc(C)c1NC(=O)CCCN(c1ccc(Cl)cc1)S(C)(=O)=O. The fourth-order valence-electron chi connectivity index (χ4n) is 2.69. The van der Waals surface area contributed by atoms with Gasteiger partial charge in [-0.05, 0) is 55.7 Å². The van der Waals surface area contributed by atoms with Gasteiger partial charge < -0.3 is 5.32 Å². The average molecular weight is 395 g/mol. The Bertz CT molecular complexity index is 860. The van der Waals surface area contributed by atoms with Gasteiger partial charge in [0.1, 0.15) is 0 Å². The van der Waals surface area contributed by atoms with Gasteiger partial charge in [-0.25, -0.2) is 8.42 Å². The number of anilines is 2. The summed E-state index contributed by atoms with van der Waals surface area (Å²) in [6.45, 7) is 4.10. The average Bonchev–Trinajstić information content (AvgIpc) is 2.55. The van der Waals surface area contributed by atoms with E-state index in [9.17, 15) is 13.2 Å². The largest absolute Gasteiger partial charge is 0.326 e. The smallest absolute Gasteiger partial charge is 0.232 e. The number of sulfonamides is 1. The minimum absolute atomic E-state index is 0.132.